The van der Waals surface area contributed by atoms with Crippen molar-refractivity contribution < 1.29 is 14.3 Å². The van der Waals surface area contributed by atoms with Crippen LogP contribution in [0.2, 0.25) is 0 Å². The average molecular weight is 240 g/mol. The Morgan fingerprint density at radius 2 is 1.88 bits per heavy atom. The fourth-order valence-corrected chi connectivity index (χ4v) is 1.63. The quantitative estimate of drug-likeness (QED) is 0.677. The van der Waals surface area contributed by atoms with E-state index in [0.717, 1.165) is 0 Å². The molecule has 3 N–H and O–H groups in total. The fraction of sp³-hybridized carbons (Fsp3) is 0.667. The third-order valence-corrected chi connectivity index (χ3v) is 2.44. The molecule has 0 radical (unpaired) electrons. The number of allylic oxidation sites excluding steroid dienone is 1. The van der Waals surface area contributed by atoms with Crippen LogP contribution in [-0.4, -0.2) is 23.6 Å². The molecule has 0 aromatic carbocycles. The van der Waals surface area contributed by atoms with E-state index in [4.69, 9.17) is 10.5 Å². The summed E-state index contributed by atoms with van der Waals surface area (Å²) < 4.78 is 5.00. The van der Waals surface area contributed by atoms with Crippen LogP contribution in [0.3, 0.4) is 0 Å². The van der Waals surface area contributed by atoms with Gasteiger partial charge in [-0.15, -0.1) is 0 Å². The number of hydrogen-bond acceptors (Lipinski definition) is 4. The van der Waals surface area contributed by atoms with Crippen LogP contribution in [0.4, 0.5) is 4.79 Å². The van der Waals surface area contributed by atoms with Crippen molar-refractivity contribution in [3.63, 3.8) is 0 Å². The molecule has 96 valence electrons. The van der Waals surface area contributed by atoms with E-state index >= 15 is 0 Å². The van der Waals surface area contributed by atoms with Gasteiger partial charge in [0, 0.05) is 6.04 Å². The van der Waals surface area contributed by atoms with Gasteiger partial charge in [-0.1, -0.05) is 12.2 Å². The number of imide groups is 1. The highest BCUT2D eigenvalue weighted by atomic mass is 16.6. The van der Waals surface area contributed by atoms with Crippen LogP contribution in [0.25, 0.3) is 0 Å². The molecule has 1 rings (SSSR count). The Hall–Kier alpha value is -1.36. The van der Waals surface area contributed by atoms with Gasteiger partial charge in [0.15, 0.2) is 0 Å². The maximum atomic E-state index is 11.8. The van der Waals surface area contributed by atoms with Crippen LogP contribution < -0.4 is 11.1 Å². The summed E-state index contributed by atoms with van der Waals surface area (Å²) in [5.74, 6) is -0.719. The van der Waals surface area contributed by atoms with Gasteiger partial charge in [0.1, 0.15) is 5.60 Å². The molecule has 0 saturated carbocycles. The molecule has 0 bridgehead atoms. The predicted octanol–water partition coefficient (Wildman–Crippen LogP) is 1.33. The van der Waals surface area contributed by atoms with Crippen molar-refractivity contribution in [1.82, 2.24) is 5.32 Å². The lowest BCUT2D eigenvalue weighted by Gasteiger charge is -2.25. The Labute approximate surface area is 101 Å². The Bertz CT molecular complexity index is 331. The van der Waals surface area contributed by atoms with Crippen molar-refractivity contribution in [2.45, 2.75) is 45.3 Å². The summed E-state index contributed by atoms with van der Waals surface area (Å²) in [6.07, 6.45) is 4.36. The first kappa shape index (κ1) is 13.7. The van der Waals surface area contributed by atoms with Gasteiger partial charge in [-0.25, -0.2) is 4.79 Å². The lowest BCUT2D eigenvalue weighted by Crippen LogP contribution is -2.46. The van der Waals surface area contributed by atoms with Crippen LogP contribution >= 0.6 is 0 Å². The van der Waals surface area contributed by atoms with Gasteiger partial charge in [0.05, 0.1) is 5.92 Å². The number of hydrogen-bond donors (Lipinski definition) is 2. The van der Waals surface area contributed by atoms with Crippen LogP contribution in [0.15, 0.2) is 12.2 Å². The molecule has 2 amide bonds. The van der Waals surface area contributed by atoms with Crippen LogP contribution in [0, 0.1) is 5.92 Å². The van der Waals surface area contributed by atoms with E-state index in [9.17, 15) is 9.59 Å². The lowest BCUT2D eigenvalue weighted by molar-refractivity contribution is -0.125. The monoisotopic (exact) mass is 240 g/mol. The number of amides is 2. The van der Waals surface area contributed by atoms with Gasteiger partial charge in [-0.05, 0) is 33.6 Å². The molecule has 0 aliphatic heterocycles. The molecule has 1 unspecified atom stereocenters. The highest BCUT2D eigenvalue weighted by molar-refractivity contribution is 5.93. The van der Waals surface area contributed by atoms with Crippen molar-refractivity contribution in [2.75, 3.05) is 0 Å². The van der Waals surface area contributed by atoms with E-state index in [-0.39, 0.29) is 17.9 Å². The Morgan fingerprint density at radius 3 is 2.41 bits per heavy atom. The van der Waals surface area contributed by atoms with E-state index < -0.39 is 11.7 Å². The number of nitrogens with two attached hydrogens (primary N) is 1. The molecule has 0 spiro atoms. The van der Waals surface area contributed by atoms with Crippen LogP contribution in [0.1, 0.15) is 33.6 Å². The first-order chi connectivity index (χ1) is 7.79. The first-order valence-electron chi connectivity index (χ1n) is 5.74. The largest absolute Gasteiger partial charge is 0.444 e. The standard InChI is InChI=1S/C12H20N2O3/c1-12(2,3)17-11(16)14-10(15)8-6-4-5-7-9(8)13/h4-5,8-9H,6-7,13H2,1-3H3,(H,14,15,16)/t8?,9-/m0/s1. The summed E-state index contributed by atoms with van der Waals surface area (Å²) >= 11 is 0. The number of alkyl carbamates (subject to hydrolysis) is 1. The third-order valence-electron chi connectivity index (χ3n) is 2.44. The SMILES string of the molecule is CC(C)(C)OC(=O)NC(=O)C1CC=CC[C@@H]1N. The van der Waals surface area contributed by atoms with Gasteiger partial charge < -0.3 is 10.5 Å². The van der Waals surface area contributed by atoms with E-state index in [2.05, 4.69) is 5.32 Å². The summed E-state index contributed by atoms with van der Waals surface area (Å²) in [7, 11) is 0. The van der Waals surface area contributed by atoms with Gasteiger partial charge >= 0.3 is 6.09 Å². The first-order valence-corrected chi connectivity index (χ1v) is 5.74. The molecule has 0 aromatic rings. The molecule has 1 aliphatic rings. The molecule has 0 aromatic heterocycles. The number of ether oxygens (including phenoxy) is 1. The van der Waals surface area contributed by atoms with E-state index in [1.54, 1.807) is 20.8 Å². The van der Waals surface area contributed by atoms with Crippen molar-refractivity contribution in [3.05, 3.63) is 12.2 Å². The molecule has 1 aliphatic carbocycles. The van der Waals surface area contributed by atoms with Gasteiger partial charge in [-0.3, -0.25) is 10.1 Å². The molecule has 2 atom stereocenters. The highest BCUT2D eigenvalue weighted by Gasteiger charge is 2.28. The minimum Gasteiger partial charge on any atom is -0.444 e. The zero-order valence-electron chi connectivity index (χ0n) is 10.5. The summed E-state index contributed by atoms with van der Waals surface area (Å²) in [6.45, 7) is 5.23. The third kappa shape index (κ3) is 4.56. The molecule has 5 heteroatoms. The fourth-order valence-electron chi connectivity index (χ4n) is 1.63. The molecule has 17 heavy (non-hydrogen) atoms. The van der Waals surface area contributed by atoms with Crippen molar-refractivity contribution in [1.29, 1.82) is 0 Å². The summed E-state index contributed by atoms with van der Waals surface area (Å²) in [6, 6.07) is -0.234. The summed E-state index contributed by atoms with van der Waals surface area (Å²) in [5, 5.41) is 2.22. The second-order valence-electron chi connectivity index (χ2n) is 5.20. The normalized spacial score (nSPS) is 24.2. The molecule has 0 fully saturated rings. The predicted molar refractivity (Wildman–Crippen MR) is 64.2 cm³/mol. The summed E-state index contributed by atoms with van der Waals surface area (Å²) in [5.41, 5.74) is 5.21. The second-order valence-corrected chi connectivity index (χ2v) is 5.20. The number of nitrogens with one attached hydrogen (secondary N) is 1. The minimum atomic E-state index is -0.718. The zero-order valence-corrected chi connectivity index (χ0v) is 10.5. The van der Waals surface area contributed by atoms with E-state index in [0.29, 0.717) is 12.8 Å². The minimum absolute atomic E-state index is 0.234. The lowest BCUT2D eigenvalue weighted by atomic mass is 9.89. The van der Waals surface area contributed by atoms with Crippen molar-refractivity contribution in [3.8, 4) is 0 Å². The second kappa shape index (κ2) is 5.31. The van der Waals surface area contributed by atoms with Crippen LogP contribution in [0.5, 0.6) is 0 Å². The van der Waals surface area contributed by atoms with Crippen molar-refractivity contribution in [2.24, 2.45) is 11.7 Å². The average Bonchev–Trinajstić information content (AvgIpc) is 2.14. The number of carbonyl (C=O) groups excluding carboxylic acids is 2. The van der Waals surface area contributed by atoms with Gasteiger partial charge in [0.25, 0.3) is 0 Å². The van der Waals surface area contributed by atoms with E-state index in [1.807, 2.05) is 12.2 Å². The Kier molecular flexibility index (Phi) is 4.28. The smallest absolute Gasteiger partial charge is 0.414 e. The molecule has 0 heterocycles. The van der Waals surface area contributed by atoms with Gasteiger partial charge in [0.2, 0.25) is 5.91 Å². The summed E-state index contributed by atoms with van der Waals surface area (Å²) in [4.78, 5) is 23.2. The number of carbonyl (C=O) groups is 2. The molecule has 0 saturated heterocycles. The van der Waals surface area contributed by atoms with Crippen LogP contribution in [-0.2, 0) is 9.53 Å². The topological polar surface area (TPSA) is 81.4 Å². The molecular weight excluding hydrogens is 220 g/mol. The van der Waals surface area contributed by atoms with Gasteiger partial charge in [-0.2, -0.15) is 0 Å². The Balaban J connectivity index is 2.49. The Morgan fingerprint density at radius 1 is 1.29 bits per heavy atom. The maximum absolute atomic E-state index is 11.8. The van der Waals surface area contributed by atoms with Crippen molar-refractivity contribution >= 4 is 12.0 Å². The maximum Gasteiger partial charge on any atom is 0.414 e. The number of rotatable bonds is 1. The highest BCUT2D eigenvalue weighted by Crippen LogP contribution is 2.17. The zero-order chi connectivity index (χ0) is 13.1. The van der Waals surface area contributed by atoms with E-state index in [1.165, 1.54) is 0 Å². The molecular formula is C12H20N2O3. The molecule has 5 nitrogen and oxygen atoms in total.